The van der Waals surface area contributed by atoms with Gasteiger partial charge in [-0.05, 0) is 50.6 Å². The minimum absolute atomic E-state index is 0.0778. The molecule has 2 rings (SSSR count). The van der Waals surface area contributed by atoms with Gasteiger partial charge in [-0.15, -0.1) is 0 Å². The van der Waals surface area contributed by atoms with Crippen LogP contribution in [-0.2, 0) is 4.79 Å². The predicted octanol–water partition coefficient (Wildman–Crippen LogP) is 0.653. The molecule has 98 valence electrons. The van der Waals surface area contributed by atoms with Crippen LogP contribution in [-0.4, -0.2) is 36.2 Å². The van der Waals surface area contributed by atoms with Crippen molar-refractivity contribution in [1.82, 2.24) is 10.6 Å². The van der Waals surface area contributed by atoms with Crippen LogP contribution in [0.25, 0.3) is 0 Å². The summed E-state index contributed by atoms with van der Waals surface area (Å²) in [5.74, 6) is 1.33. The fourth-order valence-corrected chi connectivity index (χ4v) is 2.74. The van der Waals surface area contributed by atoms with Crippen LogP contribution in [0.1, 0.15) is 39.0 Å². The number of hydrogen-bond acceptors (Lipinski definition) is 3. The van der Waals surface area contributed by atoms with E-state index in [0.717, 1.165) is 44.7 Å². The molecule has 1 saturated carbocycles. The molecule has 0 atom stereocenters. The van der Waals surface area contributed by atoms with E-state index in [1.165, 1.54) is 0 Å². The number of aliphatic hydroxyl groups is 1. The van der Waals surface area contributed by atoms with Crippen LogP contribution in [0.15, 0.2) is 0 Å². The summed E-state index contributed by atoms with van der Waals surface area (Å²) in [7, 11) is 0. The summed E-state index contributed by atoms with van der Waals surface area (Å²) >= 11 is 0. The third-order valence-corrected chi connectivity index (χ3v) is 4.28. The van der Waals surface area contributed by atoms with E-state index in [2.05, 4.69) is 17.6 Å². The van der Waals surface area contributed by atoms with Gasteiger partial charge in [-0.2, -0.15) is 0 Å². The molecule has 17 heavy (non-hydrogen) atoms. The lowest BCUT2D eigenvalue weighted by Gasteiger charge is -2.39. The van der Waals surface area contributed by atoms with E-state index in [4.69, 9.17) is 0 Å². The van der Waals surface area contributed by atoms with E-state index in [-0.39, 0.29) is 18.1 Å². The third kappa shape index (κ3) is 3.19. The van der Waals surface area contributed by atoms with Gasteiger partial charge in [-0.25, -0.2) is 0 Å². The Bertz CT molecular complexity index is 269. The van der Waals surface area contributed by atoms with Gasteiger partial charge in [0.05, 0.1) is 12.1 Å². The average molecular weight is 240 g/mol. The van der Waals surface area contributed by atoms with Crippen molar-refractivity contribution in [3.63, 3.8) is 0 Å². The van der Waals surface area contributed by atoms with Gasteiger partial charge in [-0.3, -0.25) is 4.79 Å². The Kier molecular flexibility index (Phi) is 4.05. The second-order valence-electron chi connectivity index (χ2n) is 5.90. The van der Waals surface area contributed by atoms with Crippen molar-refractivity contribution >= 4 is 5.91 Å². The molecule has 1 amide bonds. The lowest BCUT2D eigenvalue weighted by atomic mass is 9.77. The summed E-state index contributed by atoms with van der Waals surface area (Å²) in [4.78, 5) is 11.9. The van der Waals surface area contributed by atoms with Crippen LogP contribution in [0.2, 0.25) is 0 Å². The molecule has 2 aliphatic rings. The molecule has 0 aromatic carbocycles. The highest BCUT2D eigenvalue weighted by Crippen LogP contribution is 2.31. The Hall–Kier alpha value is -0.610. The van der Waals surface area contributed by atoms with E-state index < -0.39 is 0 Å². The van der Waals surface area contributed by atoms with Gasteiger partial charge in [0.1, 0.15) is 0 Å². The Morgan fingerprint density at radius 3 is 2.53 bits per heavy atom. The summed E-state index contributed by atoms with van der Waals surface area (Å²) < 4.78 is 0. The fourth-order valence-electron chi connectivity index (χ4n) is 2.74. The van der Waals surface area contributed by atoms with Crippen LogP contribution in [0, 0.1) is 11.8 Å². The topological polar surface area (TPSA) is 61.4 Å². The van der Waals surface area contributed by atoms with E-state index in [1.807, 2.05) is 0 Å². The lowest BCUT2D eigenvalue weighted by Crippen LogP contribution is -2.54. The zero-order valence-electron chi connectivity index (χ0n) is 10.7. The summed E-state index contributed by atoms with van der Waals surface area (Å²) in [6, 6.07) is 0. The first-order valence-corrected chi connectivity index (χ1v) is 6.76. The monoisotopic (exact) mass is 240 g/mol. The number of carbonyl (C=O) groups is 1. The highest BCUT2D eigenvalue weighted by Gasteiger charge is 2.35. The molecule has 0 bridgehead atoms. The number of rotatable bonds is 4. The number of carbonyl (C=O) groups excluding carboxylic acids is 1. The summed E-state index contributed by atoms with van der Waals surface area (Å²) in [5, 5.41) is 15.8. The summed E-state index contributed by atoms with van der Waals surface area (Å²) in [5.41, 5.74) is -0.333. The van der Waals surface area contributed by atoms with Crippen LogP contribution in [0.3, 0.4) is 0 Å². The second-order valence-corrected chi connectivity index (χ2v) is 5.90. The molecule has 0 aromatic heterocycles. The van der Waals surface area contributed by atoms with Crippen molar-refractivity contribution in [3.8, 4) is 0 Å². The van der Waals surface area contributed by atoms with Gasteiger partial charge in [-0.1, -0.05) is 6.92 Å². The number of aliphatic hydroxyl groups excluding tert-OH is 1. The minimum atomic E-state index is -0.333. The SMILES string of the molecule is CC1CCC(CO)(NC(=O)CC2CNC2)CC1. The van der Waals surface area contributed by atoms with Crippen molar-refractivity contribution in [1.29, 1.82) is 0 Å². The molecular weight excluding hydrogens is 216 g/mol. The van der Waals surface area contributed by atoms with Crippen molar-refractivity contribution in [2.45, 2.75) is 44.6 Å². The molecule has 4 nitrogen and oxygen atoms in total. The zero-order valence-corrected chi connectivity index (χ0v) is 10.7. The van der Waals surface area contributed by atoms with E-state index >= 15 is 0 Å². The number of hydrogen-bond donors (Lipinski definition) is 3. The highest BCUT2D eigenvalue weighted by molar-refractivity contribution is 5.77. The van der Waals surface area contributed by atoms with Gasteiger partial charge in [0.2, 0.25) is 5.91 Å². The maximum absolute atomic E-state index is 11.9. The molecule has 4 heteroatoms. The van der Waals surface area contributed by atoms with E-state index in [0.29, 0.717) is 12.3 Å². The molecule has 1 aliphatic heterocycles. The van der Waals surface area contributed by atoms with Crippen molar-refractivity contribution < 1.29 is 9.90 Å². The standard InChI is InChI=1S/C13H24N2O2/c1-10-2-4-13(9-16,5-3-10)15-12(17)6-11-7-14-8-11/h10-11,14,16H,2-9H2,1H3,(H,15,17). The fraction of sp³-hybridized carbons (Fsp3) is 0.923. The Balaban J connectivity index is 1.83. The molecule has 3 N–H and O–H groups in total. The largest absolute Gasteiger partial charge is 0.394 e. The number of nitrogens with one attached hydrogen (secondary N) is 2. The van der Waals surface area contributed by atoms with Crippen LogP contribution in [0.5, 0.6) is 0 Å². The van der Waals surface area contributed by atoms with Gasteiger partial charge >= 0.3 is 0 Å². The average Bonchev–Trinajstić information content (AvgIpc) is 2.27. The van der Waals surface area contributed by atoms with Gasteiger partial charge < -0.3 is 15.7 Å². The minimum Gasteiger partial charge on any atom is -0.394 e. The van der Waals surface area contributed by atoms with Crippen molar-refractivity contribution in [3.05, 3.63) is 0 Å². The van der Waals surface area contributed by atoms with E-state index in [1.54, 1.807) is 0 Å². The van der Waals surface area contributed by atoms with Gasteiger partial charge in [0.25, 0.3) is 0 Å². The second kappa shape index (κ2) is 5.36. The molecule has 0 unspecified atom stereocenters. The molecule has 0 aromatic rings. The summed E-state index contributed by atoms with van der Waals surface area (Å²) in [6.45, 7) is 4.23. The Morgan fingerprint density at radius 1 is 1.41 bits per heavy atom. The van der Waals surface area contributed by atoms with E-state index in [9.17, 15) is 9.90 Å². The first kappa shape index (κ1) is 12.8. The normalized spacial score (nSPS) is 34.1. The van der Waals surface area contributed by atoms with Crippen LogP contribution < -0.4 is 10.6 Å². The Labute approximate surface area is 103 Å². The van der Waals surface area contributed by atoms with Crippen LogP contribution in [0.4, 0.5) is 0 Å². The van der Waals surface area contributed by atoms with Gasteiger partial charge in [0.15, 0.2) is 0 Å². The van der Waals surface area contributed by atoms with Crippen LogP contribution >= 0.6 is 0 Å². The highest BCUT2D eigenvalue weighted by atomic mass is 16.3. The van der Waals surface area contributed by atoms with Crippen molar-refractivity contribution in [2.75, 3.05) is 19.7 Å². The van der Waals surface area contributed by atoms with Crippen molar-refractivity contribution in [2.24, 2.45) is 11.8 Å². The smallest absolute Gasteiger partial charge is 0.220 e. The predicted molar refractivity (Wildman–Crippen MR) is 66.6 cm³/mol. The number of amides is 1. The molecular formula is C13H24N2O2. The third-order valence-electron chi connectivity index (χ3n) is 4.28. The molecule has 1 saturated heterocycles. The van der Waals surface area contributed by atoms with Gasteiger partial charge in [0, 0.05) is 6.42 Å². The maximum Gasteiger partial charge on any atom is 0.220 e. The molecule has 0 spiro atoms. The summed E-state index contributed by atoms with van der Waals surface area (Å²) in [6.07, 6.45) is 4.64. The first-order valence-electron chi connectivity index (χ1n) is 6.76. The first-order chi connectivity index (χ1) is 8.13. The quantitative estimate of drug-likeness (QED) is 0.676. The lowest BCUT2D eigenvalue weighted by molar-refractivity contribution is -0.125. The molecule has 1 heterocycles. The molecule has 0 radical (unpaired) electrons. The zero-order chi connectivity index (χ0) is 12.3. The maximum atomic E-state index is 11.9. The Morgan fingerprint density at radius 2 is 2.06 bits per heavy atom. The molecule has 1 aliphatic carbocycles. The molecule has 2 fully saturated rings.